The fraction of sp³-hybridized carbons (Fsp3) is 0.273. The van der Waals surface area contributed by atoms with Gasteiger partial charge in [-0.15, -0.1) is 0 Å². The molecule has 2 aromatic carbocycles. The Morgan fingerprint density at radius 1 is 1.07 bits per heavy atom. The van der Waals surface area contributed by atoms with Gasteiger partial charge in [0.1, 0.15) is 11.5 Å². The first kappa shape index (κ1) is 20.7. The summed E-state index contributed by atoms with van der Waals surface area (Å²) >= 11 is 6.38. The molecule has 0 radical (unpaired) electrons. The highest BCUT2D eigenvalue weighted by Gasteiger charge is 2.23. The van der Waals surface area contributed by atoms with E-state index in [0.717, 1.165) is 16.9 Å². The molecular formula is C22H24ClN3O3. The molecule has 1 amide bonds. The summed E-state index contributed by atoms with van der Waals surface area (Å²) in [5, 5.41) is 5.01. The molecule has 0 N–H and O–H groups in total. The van der Waals surface area contributed by atoms with E-state index in [1.165, 1.54) is 0 Å². The Morgan fingerprint density at radius 3 is 2.38 bits per heavy atom. The Hall–Kier alpha value is -2.99. The molecule has 0 aliphatic rings. The molecule has 6 nitrogen and oxygen atoms in total. The van der Waals surface area contributed by atoms with Crippen LogP contribution in [-0.2, 0) is 0 Å². The number of hydrogen-bond acceptors (Lipinski definition) is 4. The predicted molar refractivity (Wildman–Crippen MR) is 114 cm³/mol. The van der Waals surface area contributed by atoms with Crippen molar-refractivity contribution in [2.75, 3.05) is 27.3 Å². The largest absolute Gasteiger partial charge is 0.496 e. The van der Waals surface area contributed by atoms with Crippen LogP contribution in [0.3, 0.4) is 0 Å². The summed E-state index contributed by atoms with van der Waals surface area (Å²) in [5.41, 5.74) is 2.69. The standard InChI is InChI=1S/C22H24ClN3O3/c1-5-25(6-2)22(27)16-13-15(20(28-3)14-21(16)29-4)18-11-12-24-26(18)19-10-8-7-9-17(19)23/h7-14H,5-6H2,1-4H3. The number of ether oxygens (including phenoxy) is 2. The van der Waals surface area contributed by atoms with Gasteiger partial charge in [-0.3, -0.25) is 4.79 Å². The monoisotopic (exact) mass is 413 g/mol. The highest BCUT2D eigenvalue weighted by atomic mass is 35.5. The first-order valence-electron chi connectivity index (χ1n) is 9.40. The zero-order valence-electron chi connectivity index (χ0n) is 17.0. The number of nitrogens with zero attached hydrogens (tertiary/aromatic N) is 3. The summed E-state index contributed by atoms with van der Waals surface area (Å²) in [5.74, 6) is 0.942. The smallest absolute Gasteiger partial charge is 0.257 e. The van der Waals surface area contributed by atoms with E-state index in [0.29, 0.717) is 35.2 Å². The summed E-state index contributed by atoms with van der Waals surface area (Å²) in [6, 6.07) is 12.8. The second-order valence-electron chi connectivity index (χ2n) is 6.31. The van der Waals surface area contributed by atoms with Gasteiger partial charge in [-0.05, 0) is 38.1 Å². The Kier molecular flexibility index (Phi) is 6.44. The zero-order chi connectivity index (χ0) is 21.0. The molecular weight excluding hydrogens is 390 g/mol. The molecule has 0 saturated heterocycles. The summed E-state index contributed by atoms with van der Waals surface area (Å²) < 4.78 is 12.8. The maximum absolute atomic E-state index is 13.1. The Labute approximate surface area is 175 Å². The van der Waals surface area contributed by atoms with Crippen LogP contribution >= 0.6 is 11.6 Å². The number of carbonyl (C=O) groups is 1. The minimum absolute atomic E-state index is 0.0976. The second kappa shape index (κ2) is 9.01. The van der Waals surface area contributed by atoms with E-state index in [9.17, 15) is 4.79 Å². The SMILES string of the molecule is CCN(CC)C(=O)c1cc(-c2ccnn2-c2ccccc2Cl)c(OC)cc1OC. The molecule has 0 aliphatic carbocycles. The number of carbonyl (C=O) groups excluding carboxylic acids is 1. The summed E-state index contributed by atoms with van der Waals surface area (Å²) in [6.45, 7) is 5.12. The van der Waals surface area contributed by atoms with Crippen LogP contribution in [0, 0.1) is 0 Å². The van der Waals surface area contributed by atoms with E-state index in [-0.39, 0.29) is 5.91 Å². The fourth-order valence-corrected chi connectivity index (χ4v) is 3.49. The van der Waals surface area contributed by atoms with Crippen LogP contribution in [0.15, 0.2) is 48.7 Å². The first-order valence-corrected chi connectivity index (χ1v) is 9.78. The van der Waals surface area contributed by atoms with Gasteiger partial charge >= 0.3 is 0 Å². The molecule has 0 fully saturated rings. The van der Waals surface area contributed by atoms with Crippen LogP contribution in [0.4, 0.5) is 0 Å². The number of halogens is 1. The van der Waals surface area contributed by atoms with Crippen molar-refractivity contribution in [3.63, 3.8) is 0 Å². The summed E-state index contributed by atoms with van der Waals surface area (Å²) in [6.07, 6.45) is 1.69. The third kappa shape index (κ3) is 3.93. The van der Waals surface area contributed by atoms with E-state index >= 15 is 0 Å². The fourth-order valence-electron chi connectivity index (χ4n) is 3.27. The number of methoxy groups -OCH3 is 2. The van der Waals surface area contributed by atoms with Gasteiger partial charge in [0.15, 0.2) is 0 Å². The molecule has 152 valence electrons. The van der Waals surface area contributed by atoms with Crippen LogP contribution in [0.5, 0.6) is 11.5 Å². The van der Waals surface area contributed by atoms with E-state index in [2.05, 4.69) is 5.10 Å². The van der Waals surface area contributed by atoms with Gasteiger partial charge in [0.2, 0.25) is 0 Å². The molecule has 0 spiro atoms. The molecule has 1 heterocycles. The van der Waals surface area contributed by atoms with Crippen molar-refractivity contribution in [2.24, 2.45) is 0 Å². The first-order chi connectivity index (χ1) is 14.0. The molecule has 0 saturated carbocycles. The van der Waals surface area contributed by atoms with E-state index < -0.39 is 0 Å². The number of amides is 1. The van der Waals surface area contributed by atoms with E-state index in [4.69, 9.17) is 21.1 Å². The molecule has 7 heteroatoms. The van der Waals surface area contributed by atoms with Crippen LogP contribution in [0.1, 0.15) is 24.2 Å². The van der Waals surface area contributed by atoms with Crippen LogP contribution in [0.25, 0.3) is 16.9 Å². The van der Waals surface area contributed by atoms with Gasteiger partial charge in [0.05, 0.1) is 42.4 Å². The summed E-state index contributed by atoms with van der Waals surface area (Å²) in [4.78, 5) is 14.8. The average molecular weight is 414 g/mol. The van der Waals surface area contributed by atoms with Crippen molar-refractivity contribution in [3.8, 4) is 28.4 Å². The lowest BCUT2D eigenvalue weighted by Crippen LogP contribution is -2.30. The third-order valence-corrected chi connectivity index (χ3v) is 5.12. The highest BCUT2D eigenvalue weighted by molar-refractivity contribution is 6.32. The molecule has 1 aromatic heterocycles. The van der Waals surface area contributed by atoms with Gasteiger partial charge in [0.25, 0.3) is 5.91 Å². The topological polar surface area (TPSA) is 56.6 Å². The van der Waals surface area contributed by atoms with Crippen LogP contribution < -0.4 is 9.47 Å². The molecule has 29 heavy (non-hydrogen) atoms. The number of hydrogen-bond donors (Lipinski definition) is 0. The van der Waals surface area contributed by atoms with Crippen molar-refractivity contribution >= 4 is 17.5 Å². The number of para-hydroxylation sites is 1. The van der Waals surface area contributed by atoms with Crippen molar-refractivity contribution in [1.29, 1.82) is 0 Å². The highest BCUT2D eigenvalue weighted by Crippen LogP contribution is 2.38. The molecule has 0 unspecified atom stereocenters. The van der Waals surface area contributed by atoms with Gasteiger partial charge in [-0.1, -0.05) is 23.7 Å². The van der Waals surface area contributed by atoms with E-state index in [1.807, 2.05) is 44.2 Å². The van der Waals surface area contributed by atoms with Crippen molar-refractivity contribution in [1.82, 2.24) is 14.7 Å². The van der Waals surface area contributed by atoms with Crippen molar-refractivity contribution in [3.05, 3.63) is 59.2 Å². The van der Waals surface area contributed by atoms with Gasteiger partial charge in [-0.25, -0.2) is 4.68 Å². The molecule has 0 atom stereocenters. The van der Waals surface area contributed by atoms with Gasteiger partial charge < -0.3 is 14.4 Å². The molecule has 3 aromatic rings. The lowest BCUT2D eigenvalue weighted by molar-refractivity contribution is 0.0769. The molecule has 0 aliphatic heterocycles. The minimum Gasteiger partial charge on any atom is -0.496 e. The maximum Gasteiger partial charge on any atom is 0.257 e. The summed E-state index contributed by atoms with van der Waals surface area (Å²) in [7, 11) is 3.13. The molecule has 0 bridgehead atoms. The minimum atomic E-state index is -0.0976. The number of rotatable bonds is 7. The predicted octanol–water partition coefficient (Wildman–Crippen LogP) is 4.69. The molecule has 3 rings (SSSR count). The Morgan fingerprint density at radius 2 is 1.76 bits per heavy atom. The second-order valence-corrected chi connectivity index (χ2v) is 6.72. The Balaban J connectivity index is 2.21. The van der Waals surface area contributed by atoms with Gasteiger partial charge in [-0.2, -0.15) is 5.10 Å². The number of benzene rings is 2. The van der Waals surface area contributed by atoms with E-state index in [1.54, 1.807) is 42.1 Å². The Bertz CT molecular complexity index is 1010. The average Bonchev–Trinajstić information content (AvgIpc) is 3.23. The van der Waals surface area contributed by atoms with Crippen molar-refractivity contribution < 1.29 is 14.3 Å². The zero-order valence-corrected chi connectivity index (χ0v) is 17.7. The lowest BCUT2D eigenvalue weighted by Gasteiger charge is -2.21. The van der Waals surface area contributed by atoms with Crippen LogP contribution in [0.2, 0.25) is 5.02 Å². The maximum atomic E-state index is 13.1. The third-order valence-electron chi connectivity index (χ3n) is 4.80. The lowest BCUT2D eigenvalue weighted by atomic mass is 10.0. The van der Waals surface area contributed by atoms with Crippen LogP contribution in [-0.4, -0.2) is 47.9 Å². The van der Waals surface area contributed by atoms with Crippen molar-refractivity contribution in [2.45, 2.75) is 13.8 Å². The normalized spacial score (nSPS) is 10.7. The number of aromatic nitrogens is 2. The van der Waals surface area contributed by atoms with Gasteiger partial charge in [0, 0.05) is 24.7 Å². The quantitative estimate of drug-likeness (QED) is 0.563.